The Hall–Kier alpha value is -14.1. The second-order valence-corrected chi connectivity index (χ2v) is 39.7. The smallest absolute Gasteiger partial charge is 0.445 e. The number of rotatable bonds is 5. The molecule has 1 radical (unpaired) electrons. The second-order valence-electron chi connectivity index (χ2n) is 36.9. The molecule has 0 aliphatic carbocycles. The zero-order valence-electron chi connectivity index (χ0n) is 79.1. The Morgan fingerprint density at radius 1 is 0.322 bits per heavy atom. The van der Waals surface area contributed by atoms with Crippen LogP contribution in [0.25, 0.3) is 136 Å². The van der Waals surface area contributed by atoms with Gasteiger partial charge in [0, 0.05) is 103 Å². The van der Waals surface area contributed by atoms with Crippen LogP contribution >= 0.6 is 34.0 Å². The average Bonchev–Trinajstić information content (AvgIpc) is 1.58. The number of hydrogen-bond acceptors (Lipinski definition) is 21. The summed E-state index contributed by atoms with van der Waals surface area (Å²) in [6.45, 7) is 21.2. The molecule has 22 aromatic rings. The van der Waals surface area contributed by atoms with E-state index in [2.05, 4.69) is 201 Å². The zero-order valence-corrected chi connectivity index (χ0v) is 89.3. The van der Waals surface area contributed by atoms with Crippen LogP contribution in [0.1, 0.15) is 126 Å². The van der Waals surface area contributed by atoms with Crippen molar-refractivity contribution in [2.24, 2.45) is 14.1 Å². The second kappa shape index (κ2) is 38.7. The number of aromatic nitrogens is 26. The summed E-state index contributed by atoms with van der Waals surface area (Å²) in [6, 6.07) is 73.2. The van der Waals surface area contributed by atoms with E-state index >= 15 is 0 Å². The van der Waals surface area contributed by atoms with Gasteiger partial charge in [0.05, 0.1) is 43.4 Å². The van der Waals surface area contributed by atoms with Crippen molar-refractivity contribution in [3.8, 4) is 136 Å². The van der Waals surface area contributed by atoms with Gasteiger partial charge in [0.1, 0.15) is 34.9 Å². The zero-order chi connectivity index (χ0) is 95.0. The van der Waals surface area contributed by atoms with Crippen molar-refractivity contribution >= 4 is 61.3 Å². The molecule has 143 heavy (non-hydrogen) atoms. The van der Waals surface area contributed by atoms with E-state index in [1.807, 2.05) is 230 Å². The van der Waals surface area contributed by atoms with Gasteiger partial charge in [0.15, 0.2) is 10.3 Å². The van der Waals surface area contributed by atoms with Crippen molar-refractivity contribution in [2.45, 2.75) is 96.3 Å². The standard InChI is InChI=1S/2C30H26N8.C25H20N6S.C23H14N6S2.Cu.3Pt/c1-29(2)21-15-31-25(33-21)27-35-23(17-37(27)19-11-7-5-8-12-19)30(3,4)24-18-38(20-13-9-6-10-14-20)28(36-24)26-32-16-22(29)34-26;1-29(2)25-31-15-21(33-25)23-17-37(19-11-7-5-8-12-19)27(35-23)30(3,4)28-36-24(22-16-32-26(29)34-22)18-38(28)20-13-9-6-10-14-20;1-25(2)15-7-9-26-17(11-15)19-13-30(3)23(28-19)21-5-6-22(32-21)24-29-20(14-31(24)4)18-12-16(25)8-10-27-18;1-28-22-26-20(13-30-22)15-7-18(11-24-9-15)29(17-5-3-2-4-6-17)19-8-16(10-25-12-19)21-14-31-23(28)27-21;;;;/h2*5-18H,1-4H3;5-10,13-14H,1-4H3;2-6,9-14H,1H3;;;;/q4*-2;4*+2. The van der Waals surface area contributed by atoms with Crippen LogP contribution in [0.4, 0.5) is 27.3 Å². The number of benzene rings is 5. The van der Waals surface area contributed by atoms with Crippen molar-refractivity contribution in [3.63, 3.8) is 0 Å². The molecule has 0 unspecified atom stereocenters. The fourth-order valence-corrected chi connectivity index (χ4v) is 20.2. The number of hydrogen-bond donors (Lipinski definition) is 0. The Morgan fingerprint density at radius 2 is 0.720 bits per heavy atom. The number of thiazole rings is 2. The SMILES string of the molecule is CC1(C)c2cn(-c3ccccc3)c(n2)-c2ncc([n-]2)C(C)(C)c2cnc([n-]2)-c2nc1cn2-c1ccccc1.CC1(C)c2ncc([n-]2)-c2cn(-c3ccccc3)c(n2)C(C)(C)c2nc(cn2-c2ccccc2)-c2cnc1[n-]2.CN1c2nc(cs2)-c2[c-]c(cnc2)N(c2ccccc2)c2[c-]c(cnc2)-c2csc1n2.Cn1cc2nc1-c1ccc(s1)-c1nc(cn1C)-c1[c-]c(ccn1)C(C)(C)c1[c-]c-2ncc1.[Cu+2].[Pt+2].[Pt+2].[Pt+2]. The minimum atomic E-state index is -0.600. The van der Waals surface area contributed by atoms with Crippen molar-refractivity contribution < 1.29 is 80.3 Å². The quantitative estimate of drug-likeness (QED) is 0.114. The van der Waals surface area contributed by atoms with Crippen molar-refractivity contribution in [2.75, 3.05) is 16.8 Å². The first-order valence-corrected chi connectivity index (χ1v) is 47.7. The van der Waals surface area contributed by atoms with E-state index in [-0.39, 0.29) is 85.7 Å². The van der Waals surface area contributed by atoms with Gasteiger partial charge in [-0.1, -0.05) is 193 Å². The summed E-state index contributed by atoms with van der Waals surface area (Å²) in [7, 11) is 6.00. The number of pyridine rings is 4. The summed E-state index contributed by atoms with van der Waals surface area (Å²) in [6.07, 6.45) is 30.3. The molecule has 5 aromatic carbocycles. The third-order valence-electron chi connectivity index (χ3n) is 25.8. The number of aryl methyl sites for hydroxylation is 2. The Kier molecular flexibility index (Phi) is 26.4. The summed E-state index contributed by atoms with van der Waals surface area (Å²) in [4.78, 5) is 103. The Morgan fingerprint density at radius 3 is 1.13 bits per heavy atom. The molecule has 26 rings (SSSR count). The molecule has 0 N–H and O–H groups in total. The van der Waals surface area contributed by atoms with Crippen molar-refractivity contribution in [1.82, 2.24) is 127 Å². The summed E-state index contributed by atoms with van der Waals surface area (Å²) >= 11 is 4.81. The number of fused-ring (bicyclic) bond motifs is 44. The van der Waals surface area contributed by atoms with Crippen LogP contribution in [0.15, 0.2) is 286 Å². The normalized spacial score (nSPS) is 13.9. The Labute approximate surface area is 890 Å². The third kappa shape index (κ3) is 17.9. The maximum Gasteiger partial charge on any atom is 2.00 e. The predicted octanol–water partition coefficient (Wildman–Crippen LogP) is 20.9. The maximum absolute atomic E-state index is 5.18. The van der Waals surface area contributed by atoms with Crippen LogP contribution in [-0.2, 0) is 121 Å². The number of nitrogens with zero attached hydrogens (tertiary/aromatic N) is 28. The third-order valence-corrected chi connectivity index (χ3v) is 28.7. The molecular formula is C108H86CuN28Pt3S3. The van der Waals surface area contributed by atoms with E-state index in [4.69, 9.17) is 69.8 Å². The molecule has 0 atom stereocenters. The fraction of sp³-hybridized carbons (Fsp3) is 0.167. The Balaban J connectivity index is 0.000000120. The van der Waals surface area contributed by atoms with Crippen molar-refractivity contribution in [3.05, 3.63) is 367 Å². The van der Waals surface area contributed by atoms with E-state index in [9.17, 15) is 0 Å². The van der Waals surface area contributed by atoms with Gasteiger partial charge < -0.3 is 82.1 Å². The molecule has 0 spiro atoms. The molecular weight excluding hydrogens is 2430 g/mol. The van der Waals surface area contributed by atoms with Gasteiger partial charge in [-0.25, -0.2) is 19.9 Å². The van der Waals surface area contributed by atoms with Crippen LogP contribution in [0.2, 0.25) is 0 Å². The number of imidazole rings is 10. The molecule has 4 aliphatic heterocycles. The largest absolute Gasteiger partial charge is 2.00 e. The molecule has 17 aromatic heterocycles. The predicted molar refractivity (Wildman–Crippen MR) is 539 cm³/mol. The van der Waals surface area contributed by atoms with Crippen LogP contribution in [0.3, 0.4) is 0 Å². The monoisotopic (exact) mass is 2520 g/mol. The van der Waals surface area contributed by atoms with Gasteiger partial charge in [-0.3, -0.25) is 34.8 Å². The summed E-state index contributed by atoms with van der Waals surface area (Å²) in [5, 5.41) is 5.78. The minimum absolute atomic E-state index is 0. The van der Waals surface area contributed by atoms with Gasteiger partial charge in [-0.05, 0) is 205 Å². The van der Waals surface area contributed by atoms with E-state index in [1.54, 1.807) is 71.2 Å². The number of thiophene rings is 1. The van der Waals surface area contributed by atoms with E-state index in [0.29, 0.717) is 34.9 Å². The average molecular weight is 2520 g/mol. The van der Waals surface area contributed by atoms with Crippen LogP contribution < -0.4 is 29.7 Å². The fourth-order valence-electron chi connectivity index (χ4n) is 17.5. The molecule has 21 heterocycles. The molecule has 717 valence electrons. The molecule has 0 saturated carbocycles. The summed E-state index contributed by atoms with van der Waals surface area (Å²) in [5.74, 6) is 7.35. The molecule has 35 heteroatoms. The molecule has 4 aliphatic rings. The summed E-state index contributed by atoms with van der Waals surface area (Å²) < 4.78 is 12.5. The molecule has 0 fully saturated rings. The first kappa shape index (κ1) is 97.8. The van der Waals surface area contributed by atoms with E-state index in [0.717, 1.165) is 185 Å². The molecule has 0 amide bonds. The molecule has 28 nitrogen and oxygen atoms in total. The maximum atomic E-state index is 5.18. The van der Waals surface area contributed by atoms with Crippen LogP contribution in [0.5, 0.6) is 0 Å². The van der Waals surface area contributed by atoms with Gasteiger partial charge in [0.25, 0.3) is 0 Å². The summed E-state index contributed by atoms with van der Waals surface area (Å²) in [5.41, 5.74) is 18.8. The molecule has 34 bridgehead atoms. The van der Waals surface area contributed by atoms with Gasteiger partial charge in [-0.15, -0.1) is 80.5 Å². The Bertz CT molecular complexity index is 7900. The van der Waals surface area contributed by atoms with E-state index < -0.39 is 21.7 Å². The van der Waals surface area contributed by atoms with Crippen molar-refractivity contribution in [1.29, 1.82) is 0 Å². The van der Waals surface area contributed by atoms with Gasteiger partial charge >= 0.3 is 80.3 Å². The van der Waals surface area contributed by atoms with Gasteiger partial charge in [-0.2, -0.15) is 12.1 Å². The topological polar surface area (TPSA) is 299 Å². The van der Waals surface area contributed by atoms with Gasteiger partial charge in [0.2, 0.25) is 0 Å². The first-order valence-electron chi connectivity index (χ1n) is 45.1. The number of anilines is 5. The minimum Gasteiger partial charge on any atom is -0.445 e. The van der Waals surface area contributed by atoms with Crippen LogP contribution in [0, 0.1) is 24.3 Å². The van der Waals surface area contributed by atoms with Crippen LogP contribution in [-0.4, -0.2) is 114 Å². The number of para-hydroxylation sites is 5. The van der Waals surface area contributed by atoms with E-state index in [1.165, 1.54) is 0 Å². The molecule has 0 saturated heterocycles. The first-order chi connectivity index (χ1) is 67.3.